The van der Waals surface area contributed by atoms with E-state index in [1.54, 1.807) is 11.8 Å². The van der Waals surface area contributed by atoms with Gasteiger partial charge in [-0.2, -0.15) is 0 Å². The van der Waals surface area contributed by atoms with Gasteiger partial charge < -0.3 is 15.0 Å². The molecule has 0 radical (unpaired) electrons. The summed E-state index contributed by atoms with van der Waals surface area (Å²) in [7, 11) is 0. The molecule has 0 saturated carbocycles. The molecule has 1 unspecified atom stereocenters. The molecule has 0 aromatic heterocycles. The molecule has 0 aliphatic heterocycles. The van der Waals surface area contributed by atoms with Crippen LogP contribution in [-0.4, -0.2) is 36.2 Å². The molecule has 4 nitrogen and oxygen atoms in total. The third-order valence-corrected chi connectivity index (χ3v) is 3.52. The van der Waals surface area contributed by atoms with Gasteiger partial charge in [-0.3, -0.25) is 0 Å². The van der Waals surface area contributed by atoms with Crippen LogP contribution in [0.3, 0.4) is 0 Å². The minimum absolute atomic E-state index is 0.0389. The number of nitrogens with zero attached hydrogens (tertiary/aromatic N) is 1. The van der Waals surface area contributed by atoms with Gasteiger partial charge in [-0.1, -0.05) is 6.07 Å². The van der Waals surface area contributed by atoms with Crippen molar-refractivity contribution in [3.63, 3.8) is 0 Å². The van der Waals surface area contributed by atoms with Crippen LogP contribution in [0, 0.1) is 11.6 Å². The number of halogens is 2. The zero-order valence-electron chi connectivity index (χ0n) is 15.2. The van der Waals surface area contributed by atoms with Crippen molar-refractivity contribution in [2.45, 2.75) is 52.7 Å². The number of ether oxygens (including phenoxy) is 1. The number of amides is 1. The van der Waals surface area contributed by atoms with Gasteiger partial charge in [0.05, 0.1) is 0 Å². The Bertz CT molecular complexity index is 524. The molecule has 0 spiro atoms. The van der Waals surface area contributed by atoms with Gasteiger partial charge in [0, 0.05) is 24.7 Å². The third-order valence-electron chi connectivity index (χ3n) is 3.52. The summed E-state index contributed by atoms with van der Waals surface area (Å²) >= 11 is 0. The Morgan fingerprint density at radius 1 is 1.29 bits per heavy atom. The summed E-state index contributed by atoms with van der Waals surface area (Å²) in [6.45, 7) is 10.7. The fraction of sp³-hybridized carbons (Fsp3) is 0.611. The lowest BCUT2D eigenvalue weighted by atomic mass is 10.1. The molecule has 1 aromatic rings. The number of benzene rings is 1. The van der Waals surface area contributed by atoms with Gasteiger partial charge in [0.15, 0.2) is 0 Å². The van der Waals surface area contributed by atoms with E-state index in [-0.39, 0.29) is 11.7 Å². The van der Waals surface area contributed by atoms with Gasteiger partial charge >= 0.3 is 6.09 Å². The van der Waals surface area contributed by atoms with Crippen molar-refractivity contribution in [2.75, 3.05) is 19.6 Å². The Hall–Kier alpha value is -1.69. The third kappa shape index (κ3) is 6.43. The van der Waals surface area contributed by atoms with E-state index < -0.39 is 23.3 Å². The minimum Gasteiger partial charge on any atom is -0.444 e. The first-order valence-electron chi connectivity index (χ1n) is 8.31. The average molecular weight is 342 g/mol. The summed E-state index contributed by atoms with van der Waals surface area (Å²) in [5, 5.41) is 3.09. The van der Waals surface area contributed by atoms with E-state index in [2.05, 4.69) is 5.32 Å². The lowest BCUT2D eigenvalue weighted by Crippen LogP contribution is -2.38. The minimum atomic E-state index is -0.557. The van der Waals surface area contributed by atoms with E-state index in [9.17, 15) is 13.6 Å². The van der Waals surface area contributed by atoms with Crippen molar-refractivity contribution in [1.29, 1.82) is 0 Å². The van der Waals surface area contributed by atoms with E-state index in [4.69, 9.17) is 4.74 Å². The average Bonchev–Trinajstić information content (AvgIpc) is 2.45. The van der Waals surface area contributed by atoms with Crippen molar-refractivity contribution < 1.29 is 18.3 Å². The lowest BCUT2D eigenvalue weighted by Gasteiger charge is -2.26. The summed E-state index contributed by atoms with van der Waals surface area (Å²) in [4.78, 5) is 13.6. The highest BCUT2D eigenvalue weighted by atomic mass is 19.1. The van der Waals surface area contributed by atoms with E-state index >= 15 is 0 Å². The quantitative estimate of drug-likeness (QED) is 0.753. The maximum atomic E-state index is 13.7. The topological polar surface area (TPSA) is 41.6 Å². The predicted octanol–water partition coefficient (Wildman–Crippen LogP) is 4.26. The number of hydrogen-bond acceptors (Lipinski definition) is 3. The van der Waals surface area contributed by atoms with Crippen LogP contribution in [0.1, 0.15) is 52.6 Å². The zero-order valence-corrected chi connectivity index (χ0v) is 15.2. The van der Waals surface area contributed by atoms with Gasteiger partial charge in [-0.25, -0.2) is 13.6 Å². The second-order valence-electron chi connectivity index (χ2n) is 6.72. The van der Waals surface area contributed by atoms with Gasteiger partial charge in [0.25, 0.3) is 0 Å². The molecule has 0 fully saturated rings. The molecular weight excluding hydrogens is 314 g/mol. The first-order chi connectivity index (χ1) is 11.2. The number of hydrogen-bond donors (Lipinski definition) is 1. The zero-order chi connectivity index (χ0) is 18.3. The second-order valence-corrected chi connectivity index (χ2v) is 6.72. The molecule has 0 bridgehead atoms. The van der Waals surface area contributed by atoms with Crippen LogP contribution in [-0.2, 0) is 4.74 Å². The fourth-order valence-corrected chi connectivity index (χ4v) is 2.32. The maximum Gasteiger partial charge on any atom is 0.410 e. The van der Waals surface area contributed by atoms with Gasteiger partial charge in [0.2, 0.25) is 0 Å². The Kier molecular flexibility index (Phi) is 7.60. The molecule has 0 heterocycles. The van der Waals surface area contributed by atoms with Crippen LogP contribution < -0.4 is 5.32 Å². The maximum absolute atomic E-state index is 13.7. The first-order valence-corrected chi connectivity index (χ1v) is 8.31. The lowest BCUT2D eigenvalue weighted by molar-refractivity contribution is 0.0258. The highest BCUT2D eigenvalue weighted by Crippen LogP contribution is 2.20. The van der Waals surface area contributed by atoms with Gasteiger partial charge in [-0.05, 0) is 59.7 Å². The van der Waals surface area contributed by atoms with Gasteiger partial charge in [-0.15, -0.1) is 0 Å². The fourth-order valence-electron chi connectivity index (χ4n) is 2.32. The number of carbonyl (C=O) groups is 1. The first kappa shape index (κ1) is 20.4. The van der Waals surface area contributed by atoms with Crippen LogP contribution in [0.15, 0.2) is 18.2 Å². The van der Waals surface area contributed by atoms with Gasteiger partial charge in [0.1, 0.15) is 17.2 Å². The Morgan fingerprint density at radius 2 is 1.88 bits per heavy atom. The molecular formula is C18H28F2N2O2. The van der Waals surface area contributed by atoms with Crippen LogP contribution in [0.4, 0.5) is 13.6 Å². The van der Waals surface area contributed by atoms with Crippen molar-refractivity contribution in [3.8, 4) is 0 Å². The molecule has 1 amide bonds. The highest BCUT2D eigenvalue weighted by molar-refractivity contribution is 5.68. The molecule has 1 atom stereocenters. The van der Waals surface area contributed by atoms with Crippen molar-refractivity contribution in [1.82, 2.24) is 10.2 Å². The SMILES string of the molecule is CCN(CCCNC(C)c1c(F)cccc1F)C(=O)OC(C)(C)C. The smallest absolute Gasteiger partial charge is 0.410 e. The van der Waals surface area contributed by atoms with Crippen LogP contribution in [0.25, 0.3) is 0 Å². The summed E-state index contributed by atoms with van der Waals surface area (Å²) in [5.74, 6) is -1.11. The summed E-state index contributed by atoms with van der Waals surface area (Å²) < 4.78 is 32.8. The molecule has 1 aromatic carbocycles. The second kappa shape index (κ2) is 8.97. The summed E-state index contributed by atoms with van der Waals surface area (Å²) in [6, 6.07) is 3.40. The Morgan fingerprint density at radius 3 is 2.38 bits per heavy atom. The van der Waals surface area contributed by atoms with Crippen molar-refractivity contribution in [3.05, 3.63) is 35.4 Å². The number of carbonyl (C=O) groups excluding carboxylic acids is 1. The number of nitrogens with one attached hydrogen (secondary N) is 1. The Balaban J connectivity index is 2.45. The summed E-state index contributed by atoms with van der Waals surface area (Å²) in [6.07, 6.45) is 0.311. The molecule has 0 saturated heterocycles. The van der Waals surface area contributed by atoms with E-state index in [1.165, 1.54) is 18.2 Å². The summed E-state index contributed by atoms with van der Waals surface area (Å²) in [5.41, 5.74) is -0.489. The van der Waals surface area contributed by atoms with E-state index in [0.717, 1.165) is 0 Å². The largest absolute Gasteiger partial charge is 0.444 e. The van der Waals surface area contributed by atoms with E-state index in [0.29, 0.717) is 26.1 Å². The normalized spacial score (nSPS) is 12.8. The Labute approximate surface area is 143 Å². The van der Waals surface area contributed by atoms with E-state index in [1.807, 2.05) is 27.7 Å². The highest BCUT2D eigenvalue weighted by Gasteiger charge is 2.21. The number of rotatable bonds is 7. The standard InChI is InChI=1S/C18H28F2N2O2/c1-6-22(17(23)24-18(3,4)5)12-8-11-21-13(2)16-14(19)9-7-10-15(16)20/h7,9-10,13,21H,6,8,11-12H2,1-5H3. The van der Waals surface area contributed by atoms with Crippen LogP contribution >= 0.6 is 0 Å². The molecule has 1 N–H and O–H groups in total. The van der Waals surface area contributed by atoms with Crippen molar-refractivity contribution in [2.24, 2.45) is 0 Å². The van der Waals surface area contributed by atoms with Crippen molar-refractivity contribution >= 4 is 6.09 Å². The molecule has 24 heavy (non-hydrogen) atoms. The molecule has 0 aliphatic rings. The molecule has 0 aliphatic carbocycles. The molecule has 1 rings (SSSR count). The molecule has 6 heteroatoms. The van der Waals surface area contributed by atoms with Crippen LogP contribution in [0.5, 0.6) is 0 Å². The van der Waals surface area contributed by atoms with Crippen LogP contribution in [0.2, 0.25) is 0 Å². The molecule has 136 valence electrons. The predicted molar refractivity (Wildman–Crippen MR) is 90.9 cm³/mol. The monoisotopic (exact) mass is 342 g/mol.